The van der Waals surface area contributed by atoms with E-state index >= 15 is 0 Å². The molecule has 6 heteroatoms. The van der Waals surface area contributed by atoms with Gasteiger partial charge in [0.1, 0.15) is 5.82 Å². The number of rotatable bonds is 5. The van der Waals surface area contributed by atoms with Gasteiger partial charge in [-0.3, -0.25) is 4.98 Å². The smallest absolute Gasteiger partial charge is 0.224 e. The van der Waals surface area contributed by atoms with E-state index in [1.165, 1.54) is 12.8 Å². The van der Waals surface area contributed by atoms with Gasteiger partial charge in [-0.25, -0.2) is 4.98 Å². The number of benzene rings is 2. The number of hydrogen-bond acceptors (Lipinski definition) is 6. The fourth-order valence-corrected chi connectivity index (χ4v) is 4.18. The second-order valence-corrected chi connectivity index (χ2v) is 8.08. The SMILES string of the molecule is N[C@H]1CCCC[C@H]1Nc1nccc(Nc2cccc(-c3ccc4ncccc4c3)c2)n1. The molecule has 0 spiro atoms. The Morgan fingerprint density at radius 1 is 0.839 bits per heavy atom. The van der Waals surface area contributed by atoms with Gasteiger partial charge in [0.05, 0.1) is 5.52 Å². The first-order valence-corrected chi connectivity index (χ1v) is 10.8. The van der Waals surface area contributed by atoms with E-state index in [9.17, 15) is 0 Å². The first kappa shape index (κ1) is 19.5. The number of fused-ring (bicyclic) bond motifs is 1. The molecule has 0 unspecified atom stereocenters. The molecule has 1 aliphatic rings. The van der Waals surface area contributed by atoms with E-state index in [-0.39, 0.29) is 12.1 Å². The largest absolute Gasteiger partial charge is 0.350 e. The summed E-state index contributed by atoms with van der Waals surface area (Å²) >= 11 is 0. The van der Waals surface area contributed by atoms with Crippen LogP contribution >= 0.6 is 0 Å². The molecule has 4 aromatic rings. The zero-order valence-electron chi connectivity index (χ0n) is 17.3. The molecule has 5 rings (SSSR count). The van der Waals surface area contributed by atoms with Crippen molar-refractivity contribution in [1.29, 1.82) is 0 Å². The molecule has 2 aromatic heterocycles. The van der Waals surface area contributed by atoms with Crippen LogP contribution in [-0.2, 0) is 0 Å². The Labute approximate surface area is 182 Å². The lowest BCUT2D eigenvalue weighted by molar-refractivity contribution is 0.402. The number of anilines is 3. The molecule has 4 N–H and O–H groups in total. The minimum absolute atomic E-state index is 0.155. The molecule has 0 aliphatic heterocycles. The summed E-state index contributed by atoms with van der Waals surface area (Å²) in [6, 6.07) is 21.0. The summed E-state index contributed by atoms with van der Waals surface area (Å²) in [7, 11) is 0. The molecular formula is C25H26N6. The second kappa shape index (κ2) is 8.70. The Kier molecular flexibility index (Phi) is 5.46. The summed E-state index contributed by atoms with van der Waals surface area (Å²) in [5, 5.41) is 7.95. The molecule has 156 valence electrons. The number of nitrogens with zero attached hydrogens (tertiary/aromatic N) is 3. The van der Waals surface area contributed by atoms with Gasteiger partial charge in [0, 0.05) is 35.6 Å². The highest BCUT2D eigenvalue weighted by atomic mass is 15.2. The molecule has 2 heterocycles. The van der Waals surface area contributed by atoms with Gasteiger partial charge in [-0.15, -0.1) is 0 Å². The molecule has 1 aliphatic carbocycles. The van der Waals surface area contributed by atoms with E-state index in [0.29, 0.717) is 5.95 Å². The van der Waals surface area contributed by atoms with Crippen LogP contribution in [0.15, 0.2) is 73.1 Å². The second-order valence-electron chi connectivity index (χ2n) is 8.08. The lowest BCUT2D eigenvalue weighted by atomic mass is 9.91. The Balaban J connectivity index is 1.34. The average Bonchev–Trinajstić information content (AvgIpc) is 2.81. The monoisotopic (exact) mass is 410 g/mol. The number of pyridine rings is 1. The summed E-state index contributed by atoms with van der Waals surface area (Å²) in [5.41, 5.74) is 10.5. The molecule has 1 fully saturated rings. The molecule has 6 nitrogen and oxygen atoms in total. The van der Waals surface area contributed by atoms with Crippen LogP contribution in [0.5, 0.6) is 0 Å². The zero-order valence-corrected chi connectivity index (χ0v) is 17.3. The van der Waals surface area contributed by atoms with Gasteiger partial charge >= 0.3 is 0 Å². The molecule has 0 saturated heterocycles. The molecule has 1 saturated carbocycles. The average molecular weight is 411 g/mol. The van der Waals surface area contributed by atoms with E-state index in [0.717, 1.165) is 46.4 Å². The summed E-state index contributed by atoms with van der Waals surface area (Å²) in [5.74, 6) is 1.37. The Morgan fingerprint density at radius 3 is 2.68 bits per heavy atom. The van der Waals surface area contributed by atoms with Crippen LogP contribution in [0.3, 0.4) is 0 Å². The fourth-order valence-electron chi connectivity index (χ4n) is 4.18. The Bertz CT molecular complexity index is 1190. The van der Waals surface area contributed by atoms with E-state index in [4.69, 9.17) is 5.73 Å². The highest BCUT2D eigenvalue weighted by molar-refractivity contribution is 5.85. The summed E-state index contributed by atoms with van der Waals surface area (Å²) in [4.78, 5) is 13.4. The van der Waals surface area contributed by atoms with Crippen molar-refractivity contribution in [3.05, 3.63) is 73.1 Å². The molecule has 2 atom stereocenters. The molecule has 2 aromatic carbocycles. The molecule has 0 bridgehead atoms. The maximum Gasteiger partial charge on any atom is 0.224 e. The van der Waals surface area contributed by atoms with E-state index in [1.807, 2.05) is 30.5 Å². The van der Waals surface area contributed by atoms with Crippen molar-refractivity contribution in [3.8, 4) is 11.1 Å². The summed E-state index contributed by atoms with van der Waals surface area (Å²) in [6.07, 6.45) is 8.09. The first-order chi connectivity index (χ1) is 15.2. The van der Waals surface area contributed by atoms with Crippen molar-refractivity contribution in [2.75, 3.05) is 10.6 Å². The number of nitrogens with one attached hydrogen (secondary N) is 2. The maximum atomic E-state index is 6.26. The van der Waals surface area contributed by atoms with Crippen molar-refractivity contribution >= 4 is 28.4 Å². The van der Waals surface area contributed by atoms with Crippen molar-refractivity contribution in [1.82, 2.24) is 15.0 Å². The van der Waals surface area contributed by atoms with Crippen LogP contribution < -0.4 is 16.4 Å². The normalized spacial score (nSPS) is 18.6. The van der Waals surface area contributed by atoms with Gasteiger partial charge in [0.2, 0.25) is 5.95 Å². The van der Waals surface area contributed by atoms with Crippen molar-refractivity contribution in [3.63, 3.8) is 0 Å². The molecule has 31 heavy (non-hydrogen) atoms. The van der Waals surface area contributed by atoms with Gasteiger partial charge in [0.15, 0.2) is 0 Å². The van der Waals surface area contributed by atoms with E-state index in [1.54, 1.807) is 6.20 Å². The predicted octanol–water partition coefficient (Wildman–Crippen LogP) is 5.12. The highest BCUT2D eigenvalue weighted by Crippen LogP contribution is 2.27. The quantitative estimate of drug-likeness (QED) is 0.423. The third-order valence-electron chi connectivity index (χ3n) is 5.86. The van der Waals surface area contributed by atoms with Crippen molar-refractivity contribution in [2.24, 2.45) is 5.73 Å². The zero-order chi connectivity index (χ0) is 21.0. The van der Waals surface area contributed by atoms with Gasteiger partial charge in [-0.05, 0) is 60.4 Å². The molecular weight excluding hydrogens is 384 g/mol. The standard InChI is InChI=1S/C25H26N6/c26-21-8-1-2-9-23(21)30-25-28-14-12-24(31-25)29-20-7-3-5-17(16-20)18-10-11-22-19(15-18)6-4-13-27-22/h3-7,10-16,21,23H,1-2,8-9,26H2,(H2,28,29,30,31)/t21-,23+/m0/s1. The van der Waals surface area contributed by atoms with E-state index in [2.05, 4.69) is 62.0 Å². The maximum absolute atomic E-state index is 6.26. The van der Waals surface area contributed by atoms with Crippen LogP contribution in [-0.4, -0.2) is 27.0 Å². The van der Waals surface area contributed by atoms with Crippen LogP contribution in [0.4, 0.5) is 17.5 Å². The van der Waals surface area contributed by atoms with Crippen molar-refractivity contribution in [2.45, 2.75) is 37.8 Å². The van der Waals surface area contributed by atoms with Gasteiger partial charge in [-0.1, -0.05) is 37.1 Å². The third-order valence-corrected chi connectivity index (χ3v) is 5.86. The van der Waals surface area contributed by atoms with Crippen LogP contribution in [0, 0.1) is 0 Å². The highest BCUT2D eigenvalue weighted by Gasteiger charge is 2.22. The lowest BCUT2D eigenvalue weighted by Crippen LogP contribution is -2.42. The minimum atomic E-state index is 0.155. The number of aromatic nitrogens is 3. The first-order valence-electron chi connectivity index (χ1n) is 10.8. The minimum Gasteiger partial charge on any atom is -0.350 e. The molecule has 0 radical (unpaired) electrons. The Morgan fingerprint density at radius 2 is 1.74 bits per heavy atom. The predicted molar refractivity (Wildman–Crippen MR) is 126 cm³/mol. The molecule has 0 amide bonds. The van der Waals surface area contributed by atoms with Crippen molar-refractivity contribution < 1.29 is 0 Å². The van der Waals surface area contributed by atoms with Gasteiger partial charge < -0.3 is 16.4 Å². The fraction of sp³-hybridized carbons (Fsp3) is 0.240. The van der Waals surface area contributed by atoms with Crippen LogP contribution in [0.1, 0.15) is 25.7 Å². The lowest BCUT2D eigenvalue weighted by Gasteiger charge is -2.29. The third kappa shape index (κ3) is 4.49. The topological polar surface area (TPSA) is 88.8 Å². The number of nitrogens with two attached hydrogens (primary N) is 1. The summed E-state index contributed by atoms with van der Waals surface area (Å²) < 4.78 is 0. The van der Waals surface area contributed by atoms with Crippen LogP contribution in [0.25, 0.3) is 22.0 Å². The Hall–Kier alpha value is -3.51. The summed E-state index contributed by atoms with van der Waals surface area (Å²) in [6.45, 7) is 0. The number of hydrogen-bond donors (Lipinski definition) is 3. The van der Waals surface area contributed by atoms with E-state index < -0.39 is 0 Å². The van der Waals surface area contributed by atoms with Gasteiger partial charge in [0.25, 0.3) is 0 Å². The van der Waals surface area contributed by atoms with Gasteiger partial charge in [-0.2, -0.15) is 4.98 Å². The van der Waals surface area contributed by atoms with Crippen LogP contribution in [0.2, 0.25) is 0 Å².